The molecule has 26 heavy (non-hydrogen) atoms. The average Bonchev–Trinajstić information content (AvgIpc) is 3.28. The van der Waals surface area contributed by atoms with Crippen LogP contribution in [0.5, 0.6) is 5.75 Å². The molecule has 0 spiro atoms. The van der Waals surface area contributed by atoms with E-state index in [-0.39, 0.29) is 5.75 Å². The minimum absolute atomic E-state index is 0.155. The minimum Gasteiger partial charge on any atom is -0.478 e. The van der Waals surface area contributed by atoms with Crippen LogP contribution in [0, 0.1) is 5.82 Å². The van der Waals surface area contributed by atoms with Gasteiger partial charge in [0, 0.05) is 0 Å². The van der Waals surface area contributed by atoms with Crippen molar-refractivity contribution in [2.75, 3.05) is 0 Å². The number of hydrogen-bond donors (Lipinski definition) is 0. The molecule has 0 amide bonds. The van der Waals surface area contributed by atoms with Gasteiger partial charge >= 0.3 is 0 Å². The first-order chi connectivity index (χ1) is 12.7. The molecule has 0 saturated carbocycles. The van der Waals surface area contributed by atoms with Crippen LogP contribution in [0.15, 0.2) is 58.2 Å². The maximum atomic E-state index is 13.7. The summed E-state index contributed by atoms with van der Waals surface area (Å²) >= 11 is 3.06. The number of halogens is 1. The van der Waals surface area contributed by atoms with E-state index in [4.69, 9.17) is 9.15 Å². The lowest BCUT2D eigenvalue weighted by Crippen LogP contribution is -2.04. The Kier molecular flexibility index (Phi) is 4.85. The summed E-state index contributed by atoms with van der Waals surface area (Å²) in [5, 5.41) is 9.44. The number of ether oxygens (including phenoxy) is 1. The van der Waals surface area contributed by atoms with Crippen LogP contribution < -0.4 is 4.74 Å². The van der Waals surface area contributed by atoms with E-state index in [1.165, 1.54) is 17.8 Å². The largest absolute Gasteiger partial charge is 0.478 e. The minimum atomic E-state index is -0.545. The van der Waals surface area contributed by atoms with Crippen molar-refractivity contribution in [3.8, 4) is 5.75 Å². The number of aromatic nitrogens is 3. The highest BCUT2D eigenvalue weighted by Gasteiger charge is 2.18. The van der Waals surface area contributed by atoms with E-state index in [0.717, 1.165) is 15.2 Å². The molecule has 0 saturated heterocycles. The van der Waals surface area contributed by atoms with Crippen LogP contribution >= 0.6 is 23.1 Å². The zero-order valence-corrected chi connectivity index (χ0v) is 15.4. The molecule has 2 aromatic carbocycles. The molecule has 1 atom stereocenters. The molecular formula is C18H14FN3O2S2. The second kappa shape index (κ2) is 7.43. The SMILES string of the molecule is C[C@H](Oc1ccccc1F)c1nnc(SCc2nc3ccccc3s2)o1. The molecule has 0 unspecified atom stereocenters. The van der Waals surface area contributed by atoms with Gasteiger partial charge < -0.3 is 9.15 Å². The molecule has 0 bridgehead atoms. The lowest BCUT2D eigenvalue weighted by molar-refractivity contribution is 0.174. The lowest BCUT2D eigenvalue weighted by atomic mass is 10.3. The van der Waals surface area contributed by atoms with E-state index < -0.39 is 11.9 Å². The third-order valence-corrected chi connectivity index (χ3v) is 5.62. The fraction of sp³-hybridized carbons (Fsp3) is 0.167. The van der Waals surface area contributed by atoms with Crippen molar-refractivity contribution in [3.05, 3.63) is 65.2 Å². The van der Waals surface area contributed by atoms with Crippen molar-refractivity contribution in [3.63, 3.8) is 0 Å². The van der Waals surface area contributed by atoms with Crippen LogP contribution in [-0.2, 0) is 5.75 Å². The molecule has 2 aromatic heterocycles. The van der Waals surface area contributed by atoms with E-state index in [2.05, 4.69) is 15.2 Å². The standard InChI is InChI=1S/C18H14FN3O2S2/c1-11(23-14-8-4-2-6-12(14)19)17-21-22-18(24-17)25-10-16-20-13-7-3-5-9-15(13)26-16/h2-9,11H,10H2,1H3/t11-/m0/s1. The van der Waals surface area contributed by atoms with E-state index in [0.29, 0.717) is 16.9 Å². The van der Waals surface area contributed by atoms with Crippen LogP contribution in [0.25, 0.3) is 10.2 Å². The molecular weight excluding hydrogens is 373 g/mol. The van der Waals surface area contributed by atoms with Gasteiger partial charge in [-0.05, 0) is 31.2 Å². The highest BCUT2D eigenvalue weighted by Crippen LogP contribution is 2.29. The Morgan fingerprint density at radius 1 is 1.15 bits per heavy atom. The molecule has 4 rings (SSSR count). The first kappa shape index (κ1) is 17.0. The summed E-state index contributed by atoms with van der Waals surface area (Å²) in [4.78, 5) is 4.58. The molecule has 0 fully saturated rings. The molecule has 0 aliphatic rings. The number of thioether (sulfide) groups is 1. The van der Waals surface area contributed by atoms with Crippen LogP contribution in [0.1, 0.15) is 23.9 Å². The van der Waals surface area contributed by atoms with Crippen molar-refractivity contribution in [1.82, 2.24) is 15.2 Å². The summed E-state index contributed by atoms with van der Waals surface area (Å²) in [6.07, 6.45) is -0.545. The highest BCUT2D eigenvalue weighted by atomic mass is 32.2. The number of thiazole rings is 1. The number of fused-ring (bicyclic) bond motifs is 1. The van der Waals surface area contributed by atoms with Crippen molar-refractivity contribution in [1.29, 1.82) is 0 Å². The maximum Gasteiger partial charge on any atom is 0.277 e. The second-order valence-electron chi connectivity index (χ2n) is 5.46. The summed E-state index contributed by atoms with van der Waals surface area (Å²) < 4.78 is 26.0. The topological polar surface area (TPSA) is 61.0 Å². The second-order valence-corrected chi connectivity index (χ2v) is 7.50. The van der Waals surface area contributed by atoms with E-state index in [1.807, 2.05) is 24.3 Å². The van der Waals surface area contributed by atoms with Gasteiger partial charge in [0.05, 0.1) is 16.0 Å². The summed E-state index contributed by atoms with van der Waals surface area (Å²) in [6, 6.07) is 14.2. The molecule has 0 radical (unpaired) electrons. The Hall–Kier alpha value is -2.45. The molecule has 0 aliphatic heterocycles. The van der Waals surface area contributed by atoms with Gasteiger partial charge in [0.1, 0.15) is 5.01 Å². The monoisotopic (exact) mass is 387 g/mol. The van der Waals surface area contributed by atoms with E-state index in [1.54, 1.807) is 36.5 Å². The first-order valence-corrected chi connectivity index (χ1v) is 9.71. The first-order valence-electron chi connectivity index (χ1n) is 7.91. The number of rotatable bonds is 6. The Balaban J connectivity index is 1.40. The summed E-state index contributed by atoms with van der Waals surface area (Å²) in [6.45, 7) is 1.74. The Morgan fingerprint density at radius 3 is 2.81 bits per heavy atom. The zero-order chi connectivity index (χ0) is 17.9. The summed E-state index contributed by atoms with van der Waals surface area (Å²) in [5.41, 5.74) is 0.992. The average molecular weight is 387 g/mol. The molecule has 4 aromatic rings. The van der Waals surface area contributed by atoms with Gasteiger partial charge in [0.15, 0.2) is 17.7 Å². The number of nitrogens with zero attached hydrogens (tertiary/aromatic N) is 3. The van der Waals surface area contributed by atoms with Gasteiger partial charge in [0.2, 0.25) is 0 Å². The Bertz CT molecular complexity index is 1000. The molecule has 2 heterocycles. The lowest BCUT2D eigenvalue weighted by Gasteiger charge is -2.11. The fourth-order valence-corrected chi connectivity index (χ4v) is 4.06. The van der Waals surface area contributed by atoms with Crippen molar-refractivity contribution < 1.29 is 13.5 Å². The molecule has 132 valence electrons. The molecule has 8 heteroatoms. The maximum absolute atomic E-state index is 13.7. The van der Waals surface area contributed by atoms with Crippen LogP contribution in [0.4, 0.5) is 4.39 Å². The smallest absolute Gasteiger partial charge is 0.277 e. The zero-order valence-electron chi connectivity index (χ0n) is 13.8. The predicted molar refractivity (Wildman–Crippen MR) is 98.9 cm³/mol. The number of para-hydroxylation sites is 2. The number of hydrogen-bond acceptors (Lipinski definition) is 7. The van der Waals surface area contributed by atoms with Crippen LogP contribution in [-0.4, -0.2) is 15.2 Å². The van der Waals surface area contributed by atoms with Gasteiger partial charge in [0.25, 0.3) is 11.1 Å². The summed E-state index contributed by atoms with van der Waals surface area (Å²) in [5.74, 6) is 0.676. The molecule has 0 aliphatic carbocycles. The molecule has 0 N–H and O–H groups in total. The quantitative estimate of drug-likeness (QED) is 0.421. The third kappa shape index (κ3) is 3.71. The van der Waals surface area contributed by atoms with Crippen molar-refractivity contribution in [2.45, 2.75) is 24.0 Å². The number of benzene rings is 2. The van der Waals surface area contributed by atoms with E-state index >= 15 is 0 Å². The Labute approximate surface area is 157 Å². The highest BCUT2D eigenvalue weighted by molar-refractivity contribution is 7.98. The predicted octanol–water partition coefficient (Wildman–Crippen LogP) is 5.25. The van der Waals surface area contributed by atoms with Gasteiger partial charge in [-0.15, -0.1) is 21.5 Å². The Morgan fingerprint density at radius 2 is 1.96 bits per heavy atom. The summed E-state index contributed by atoms with van der Waals surface area (Å²) in [7, 11) is 0. The van der Waals surface area contributed by atoms with Gasteiger partial charge in [-0.25, -0.2) is 9.37 Å². The van der Waals surface area contributed by atoms with Crippen LogP contribution in [0.3, 0.4) is 0 Å². The van der Waals surface area contributed by atoms with Crippen molar-refractivity contribution in [2.24, 2.45) is 0 Å². The van der Waals surface area contributed by atoms with Gasteiger partial charge in [-0.1, -0.05) is 36.0 Å². The fourth-order valence-electron chi connectivity index (χ4n) is 2.33. The van der Waals surface area contributed by atoms with Gasteiger partial charge in [-0.3, -0.25) is 0 Å². The van der Waals surface area contributed by atoms with Gasteiger partial charge in [-0.2, -0.15) is 0 Å². The van der Waals surface area contributed by atoms with Crippen LogP contribution in [0.2, 0.25) is 0 Å². The molecule has 5 nitrogen and oxygen atoms in total. The normalized spacial score (nSPS) is 12.4. The van der Waals surface area contributed by atoms with Crippen molar-refractivity contribution >= 4 is 33.3 Å². The van der Waals surface area contributed by atoms with E-state index in [9.17, 15) is 4.39 Å². The third-order valence-electron chi connectivity index (χ3n) is 3.57.